The summed E-state index contributed by atoms with van der Waals surface area (Å²) in [4.78, 5) is 31.4. The summed E-state index contributed by atoms with van der Waals surface area (Å²) in [5.41, 5.74) is 0.312. The van der Waals surface area contributed by atoms with Crippen molar-refractivity contribution in [2.45, 2.75) is 32.9 Å². The summed E-state index contributed by atoms with van der Waals surface area (Å²) in [6.45, 7) is 2.93. The van der Waals surface area contributed by atoms with Gasteiger partial charge in [0, 0.05) is 25.8 Å². The van der Waals surface area contributed by atoms with Crippen molar-refractivity contribution >= 4 is 17.5 Å². The van der Waals surface area contributed by atoms with Crippen LogP contribution in [-0.4, -0.2) is 21.7 Å². The lowest BCUT2D eigenvalue weighted by molar-refractivity contribution is -0.138. The van der Waals surface area contributed by atoms with Gasteiger partial charge in [-0.15, -0.1) is 0 Å². The zero-order chi connectivity index (χ0) is 23.3. The fraction of sp³-hybridized carbons (Fsp3) is 0.217. The maximum absolute atomic E-state index is 13.3. The van der Waals surface area contributed by atoms with Crippen LogP contribution in [0.25, 0.3) is 0 Å². The van der Waals surface area contributed by atoms with Crippen molar-refractivity contribution in [3.05, 3.63) is 77.1 Å². The number of amides is 1. The number of ketones is 1. The molecule has 0 spiro atoms. The van der Waals surface area contributed by atoms with Crippen molar-refractivity contribution in [1.82, 2.24) is 9.97 Å². The second-order valence-corrected chi connectivity index (χ2v) is 7.22. The smallest absolute Gasteiger partial charge is 0.416 e. The van der Waals surface area contributed by atoms with E-state index in [1.165, 1.54) is 25.4 Å². The van der Waals surface area contributed by atoms with Crippen LogP contribution >= 0.6 is 0 Å². The van der Waals surface area contributed by atoms with Crippen molar-refractivity contribution in [2.75, 3.05) is 5.32 Å². The molecule has 1 amide bonds. The van der Waals surface area contributed by atoms with Gasteiger partial charge in [-0.3, -0.25) is 9.59 Å². The van der Waals surface area contributed by atoms with E-state index >= 15 is 0 Å². The molecule has 1 aromatic heterocycles. The molecule has 1 heterocycles. The average Bonchev–Trinajstić information content (AvgIpc) is 2.70. The molecule has 3 aromatic rings. The molecule has 6 nitrogen and oxygen atoms in total. The third-order valence-corrected chi connectivity index (χ3v) is 4.45. The minimum atomic E-state index is -4.51. The van der Waals surface area contributed by atoms with Crippen LogP contribution in [0.5, 0.6) is 11.6 Å². The molecule has 0 radical (unpaired) electrons. The summed E-state index contributed by atoms with van der Waals surface area (Å²) in [5.74, 6) is 0.331. The number of hydrogen-bond acceptors (Lipinski definition) is 5. The zero-order valence-electron chi connectivity index (χ0n) is 17.4. The van der Waals surface area contributed by atoms with E-state index in [9.17, 15) is 22.8 Å². The number of hydrogen-bond donors (Lipinski definition) is 1. The van der Waals surface area contributed by atoms with Gasteiger partial charge in [0.2, 0.25) is 11.8 Å². The summed E-state index contributed by atoms with van der Waals surface area (Å²) in [7, 11) is 0. The first-order chi connectivity index (χ1) is 15.1. The van der Waals surface area contributed by atoms with E-state index in [0.29, 0.717) is 22.7 Å². The van der Waals surface area contributed by atoms with Gasteiger partial charge in [-0.25, -0.2) is 9.97 Å². The van der Waals surface area contributed by atoms with Crippen molar-refractivity contribution < 1.29 is 27.5 Å². The number of carbonyl (C=O) groups excluding carboxylic acids is 2. The molecule has 9 heteroatoms. The molecule has 0 saturated carbocycles. The Morgan fingerprint density at radius 3 is 2.38 bits per heavy atom. The summed E-state index contributed by atoms with van der Waals surface area (Å²) >= 11 is 0. The molecule has 2 aromatic carbocycles. The van der Waals surface area contributed by atoms with E-state index < -0.39 is 11.7 Å². The normalized spacial score (nSPS) is 11.2. The first-order valence-corrected chi connectivity index (χ1v) is 9.65. The molecule has 3 rings (SSSR count). The van der Waals surface area contributed by atoms with Gasteiger partial charge < -0.3 is 10.1 Å². The van der Waals surface area contributed by atoms with E-state index in [-0.39, 0.29) is 36.0 Å². The van der Waals surface area contributed by atoms with Gasteiger partial charge in [0.1, 0.15) is 23.7 Å². The Kier molecular flexibility index (Phi) is 6.87. The molecule has 32 heavy (non-hydrogen) atoms. The summed E-state index contributed by atoms with van der Waals surface area (Å²) < 4.78 is 45.4. The summed E-state index contributed by atoms with van der Waals surface area (Å²) in [6, 6.07) is 12.0. The van der Waals surface area contributed by atoms with Crippen LogP contribution in [0, 0.1) is 6.92 Å². The predicted octanol–water partition coefficient (Wildman–Crippen LogP) is 4.91. The summed E-state index contributed by atoms with van der Waals surface area (Å²) in [5, 5.41) is 2.52. The molecule has 0 aliphatic carbocycles. The minimum Gasteiger partial charge on any atom is -0.439 e. The molecular formula is C23H20F3N3O3. The molecule has 166 valence electrons. The lowest BCUT2D eigenvalue weighted by Crippen LogP contribution is -2.14. The Hall–Kier alpha value is -3.75. The molecule has 0 aliphatic rings. The molecule has 0 bridgehead atoms. The fourth-order valence-corrected chi connectivity index (χ4v) is 3.05. The highest BCUT2D eigenvalue weighted by atomic mass is 19.4. The average molecular weight is 443 g/mol. The molecular weight excluding hydrogens is 423 g/mol. The third-order valence-electron chi connectivity index (χ3n) is 4.45. The Bertz CT molecular complexity index is 1130. The van der Waals surface area contributed by atoms with E-state index in [1.54, 1.807) is 37.3 Å². The molecule has 0 saturated heterocycles. The van der Waals surface area contributed by atoms with Crippen LogP contribution in [-0.2, 0) is 28.6 Å². The second-order valence-electron chi connectivity index (χ2n) is 7.22. The number of nitrogens with zero attached hydrogens (tertiary/aromatic N) is 2. The Labute approximate surface area is 182 Å². The number of ether oxygens (including phenoxy) is 1. The van der Waals surface area contributed by atoms with E-state index in [4.69, 9.17) is 4.74 Å². The molecule has 0 atom stereocenters. The zero-order valence-corrected chi connectivity index (χ0v) is 17.4. The number of nitrogens with one attached hydrogen (secondary N) is 1. The highest BCUT2D eigenvalue weighted by Crippen LogP contribution is 2.33. The molecule has 0 fully saturated rings. The second kappa shape index (κ2) is 9.59. The maximum Gasteiger partial charge on any atom is 0.416 e. The first-order valence-electron chi connectivity index (χ1n) is 9.65. The predicted molar refractivity (Wildman–Crippen MR) is 111 cm³/mol. The highest BCUT2D eigenvalue weighted by Gasteiger charge is 2.33. The van der Waals surface area contributed by atoms with Gasteiger partial charge in [0.05, 0.1) is 5.56 Å². The van der Waals surface area contributed by atoms with Crippen LogP contribution in [0.4, 0.5) is 19.0 Å². The number of Topliss-reactive ketones (excluding diaryl/α,β-unsaturated/α-hetero) is 1. The topological polar surface area (TPSA) is 81.2 Å². The van der Waals surface area contributed by atoms with Gasteiger partial charge in [-0.05, 0) is 36.2 Å². The number of rotatable bonds is 7. The van der Waals surface area contributed by atoms with Crippen LogP contribution in [0.3, 0.4) is 0 Å². The van der Waals surface area contributed by atoms with Gasteiger partial charge in [0.25, 0.3) is 0 Å². The highest BCUT2D eigenvalue weighted by molar-refractivity contribution is 5.87. The largest absolute Gasteiger partial charge is 0.439 e. The monoisotopic (exact) mass is 443 g/mol. The number of benzene rings is 2. The van der Waals surface area contributed by atoms with Crippen LogP contribution in [0.2, 0.25) is 0 Å². The Balaban J connectivity index is 1.64. The quantitative estimate of drug-likeness (QED) is 0.561. The minimum absolute atomic E-state index is 0.00829. The molecule has 0 unspecified atom stereocenters. The van der Waals surface area contributed by atoms with Gasteiger partial charge in [-0.1, -0.05) is 29.8 Å². The fourth-order valence-electron chi connectivity index (χ4n) is 3.05. The number of halogens is 3. The van der Waals surface area contributed by atoms with Gasteiger partial charge in [0.15, 0.2) is 0 Å². The number of carbonyl (C=O) groups is 2. The maximum atomic E-state index is 13.3. The van der Waals surface area contributed by atoms with Crippen molar-refractivity contribution in [1.29, 1.82) is 0 Å². The Morgan fingerprint density at radius 2 is 1.72 bits per heavy atom. The molecule has 0 aliphatic heterocycles. The number of aryl methyl sites for hydroxylation is 1. The van der Waals surface area contributed by atoms with Crippen molar-refractivity contribution in [2.24, 2.45) is 0 Å². The van der Waals surface area contributed by atoms with Crippen LogP contribution < -0.4 is 10.1 Å². The van der Waals surface area contributed by atoms with Crippen molar-refractivity contribution in [3.63, 3.8) is 0 Å². The van der Waals surface area contributed by atoms with Crippen molar-refractivity contribution in [3.8, 4) is 11.6 Å². The van der Waals surface area contributed by atoms with Crippen LogP contribution in [0.1, 0.15) is 29.2 Å². The van der Waals surface area contributed by atoms with Crippen LogP contribution in [0.15, 0.2) is 54.9 Å². The summed E-state index contributed by atoms with van der Waals surface area (Å²) in [6.07, 6.45) is -3.58. The number of anilines is 1. The third kappa shape index (κ3) is 6.37. The SMILES string of the molecule is CC(=O)Nc1cc(Oc2ccc(CC(=O)Cc3ccc(C)cc3C(F)(F)F)cc2)ncn1. The van der Waals surface area contributed by atoms with E-state index in [0.717, 1.165) is 6.07 Å². The molecule has 1 N–H and O–H groups in total. The Morgan fingerprint density at radius 1 is 1.00 bits per heavy atom. The lowest BCUT2D eigenvalue weighted by atomic mass is 9.97. The standard InChI is InChI=1S/C23H20F3N3O3/c1-14-3-6-17(20(9-14)23(24,25)26)11-18(31)10-16-4-7-19(8-5-16)32-22-12-21(27-13-28-22)29-15(2)30/h3-9,12-13H,10-11H2,1-2H3,(H,27,28,29,30). The number of alkyl halides is 3. The van der Waals surface area contributed by atoms with E-state index in [1.807, 2.05) is 0 Å². The lowest BCUT2D eigenvalue weighted by Gasteiger charge is -2.13. The van der Waals surface area contributed by atoms with E-state index in [2.05, 4.69) is 15.3 Å². The number of aromatic nitrogens is 2. The van der Waals surface area contributed by atoms with Gasteiger partial charge in [-0.2, -0.15) is 13.2 Å². The first kappa shape index (κ1) is 22.9. The van der Waals surface area contributed by atoms with Gasteiger partial charge >= 0.3 is 6.18 Å².